The number of aryl methyl sites for hydroxylation is 2. The molecular formula is C41H61ClN8O12. The SMILES string of the molecule is NC(=O)c1nc(Cl)cnc1C(N)=NCCCCc1ccc(-c2ccc(CCCNC(=O)CNCCN(C[C@H](O)[C@@H](O)[C@H](O)[C@H](O)CO)C[C@H](O)[C@@H](O)[C@H](O)[C@H](O)CO)cc2)cc1. The van der Waals surface area contributed by atoms with Gasteiger partial charge in [-0.2, -0.15) is 0 Å². The van der Waals surface area contributed by atoms with E-state index in [9.17, 15) is 50.4 Å². The van der Waals surface area contributed by atoms with E-state index >= 15 is 0 Å². The van der Waals surface area contributed by atoms with Crippen molar-refractivity contribution >= 4 is 29.3 Å². The first kappa shape index (κ1) is 52.1. The van der Waals surface area contributed by atoms with Crippen LogP contribution in [0.1, 0.15) is 46.6 Å². The van der Waals surface area contributed by atoms with Crippen LogP contribution in [0, 0.1) is 0 Å². The number of carbonyl (C=O) groups is 2. The monoisotopic (exact) mass is 892 g/mol. The normalized spacial score (nSPS) is 16.0. The van der Waals surface area contributed by atoms with Crippen molar-refractivity contribution in [3.05, 3.63) is 82.4 Å². The molecule has 0 radical (unpaired) electrons. The standard InChI is InChI=1S/C41H61ClN8O12/c42-32-18-48-34(35(49-32)41(44)62)40(43)47-14-2-1-4-24-6-10-26(11-7-24)27-12-8-25(9-13-27)5-3-15-46-33(57)19-45-16-17-50(20-28(53)36(58)38(60)30(55)22-51)21-29(54)37(59)39(61)31(56)23-52/h6-13,18,28-31,36-39,45,51-56,58-61H,1-5,14-17,19-23H2,(H2,43,47)(H2,44,62)(H,46,57)/t28-,29-,30+,31+,36+,37+,38+,39+/m0/s1. The van der Waals surface area contributed by atoms with Crippen LogP contribution in [0.5, 0.6) is 0 Å². The number of amides is 2. The number of primary amides is 1. The Morgan fingerprint density at radius 2 is 1.19 bits per heavy atom. The van der Waals surface area contributed by atoms with Crippen molar-refractivity contribution in [1.29, 1.82) is 0 Å². The zero-order chi connectivity index (χ0) is 45.8. The van der Waals surface area contributed by atoms with Crippen LogP contribution in [0.15, 0.2) is 59.7 Å². The van der Waals surface area contributed by atoms with Crippen LogP contribution in [-0.4, -0.2) is 191 Å². The molecule has 0 unspecified atom stereocenters. The highest BCUT2D eigenvalue weighted by atomic mass is 35.5. The van der Waals surface area contributed by atoms with Crippen LogP contribution < -0.4 is 22.1 Å². The lowest BCUT2D eigenvalue weighted by atomic mass is 9.99. The molecule has 344 valence electrons. The van der Waals surface area contributed by atoms with E-state index in [2.05, 4.69) is 49.9 Å². The van der Waals surface area contributed by atoms with Crippen LogP contribution in [0.3, 0.4) is 0 Å². The van der Waals surface area contributed by atoms with Crippen LogP contribution in [-0.2, 0) is 17.6 Å². The summed E-state index contributed by atoms with van der Waals surface area (Å²) < 4.78 is 0. The van der Waals surface area contributed by atoms with E-state index in [0.717, 1.165) is 42.4 Å². The number of aromatic nitrogens is 2. The quantitative estimate of drug-likeness (QED) is 0.0182. The number of amidine groups is 1. The van der Waals surface area contributed by atoms with Gasteiger partial charge in [0.15, 0.2) is 5.69 Å². The lowest BCUT2D eigenvalue weighted by Gasteiger charge is -2.33. The van der Waals surface area contributed by atoms with Crippen molar-refractivity contribution in [2.24, 2.45) is 16.5 Å². The number of carbonyl (C=O) groups excluding carboxylic acids is 2. The summed E-state index contributed by atoms with van der Waals surface area (Å²) in [5, 5.41) is 105. The third-order valence-corrected chi connectivity index (χ3v) is 10.2. The highest BCUT2D eigenvalue weighted by Crippen LogP contribution is 2.22. The Morgan fingerprint density at radius 3 is 1.69 bits per heavy atom. The van der Waals surface area contributed by atoms with Gasteiger partial charge in [0, 0.05) is 39.3 Å². The summed E-state index contributed by atoms with van der Waals surface area (Å²) in [5.41, 5.74) is 15.8. The molecule has 0 aliphatic heterocycles. The first-order chi connectivity index (χ1) is 29.6. The number of nitrogens with zero attached hydrogens (tertiary/aromatic N) is 4. The van der Waals surface area contributed by atoms with E-state index in [-0.39, 0.29) is 47.9 Å². The van der Waals surface area contributed by atoms with Crippen molar-refractivity contribution in [3.63, 3.8) is 0 Å². The molecular weight excluding hydrogens is 832 g/mol. The molecule has 1 heterocycles. The molecule has 16 N–H and O–H groups in total. The van der Waals surface area contributed by atoms with Crippen molar-refractivity contribution in [1.82, 2.24) is 25.5 Å². The molecule has 21 heteroatoms. The molecule has 3 aromatic rings. The molecule has 0 aliphatic carbocycles. The Hall–Kier alpha value is -4.26. The fraction of sp³-hybridized carbons (Fsp3) is 0.537. The number of nitrogens with one attached hydrogen (secondary N) is 2. The van der Waals surface area contributed by atoms with Gasteiger partial charge in [-0.05, 0) is 54.4 Å². The average molecular weight is 893 g/mol. The van der Waals surface area contributed by atoms with E-state index in [4.69, 9.17) is 33.3 Å². The minimum Gasteiger partial charge on any atom is -0.394 e. The molecule has 0 bridgehead atoms. The fourth-order valence-electron chi connectivity index (χ4n) is 6.32. The lowest BCUT2D eigenvalue weighted by Crippen LogP contribution is -2.54. The van der Waals surface area contributed by atoms with E-state index in [1.54, 1.807) is 0 Å². The maximum Gasteiger partial charge on any atom is 0.269 e. The third kappa shape index (κ3) is 17.1. The second-order valence-corrected chi connectivity index (χ2v) is 15.2. The minimum absolute atomic E-state index is 0.0254. The number of unbranched alkanes of at least 4 members (excludes halogenated alkanes) is 1. The first-order valence-corrected chi connectivity index (χ1v) is 20.6. The van der Waals surface area contributed by atoms with Crippen molar-refractivity contribution in [2.75, 3.05) is 59.0 Å². The molecule has 3 rings (SSSR count). The van der Waals surface area contributed by atoms with E-state index < -0.39 is 81.0 Å². The third-order valence-electron chi connectivity index (χ3n) is 10.0. The second-order valence-electron chi connectivity index (χ2n) is 14.9. The van der Waals surface area contributed by atoms with Gasteiger partial charge in [-0.15, -0.1) is 0 Å². The second kappa shape index (κ2) is 27.0. The summed E-state index contributed by atoms with van der Waals surface area (Å²) in [6, 6.07) is 16.5. The highest BCUT2D eigenvalue weighted by Gasteiger charge is 2.34. The lowest BCUT2D eigenvalue weighted by molar-refractivity contribution is -0.130. The number of hydrogen-bond acceptors (Lipinski definition) is 17. The maximum absolute atomic E-state index is 12.5. The Labute approximate surface area is 364 Å². The Balaban J connectivity index is 1.38. The van der Waals surface area contributed by atoms with Gasteiger partial charge >= 0.3 is 0 Å². The first-order valence-electron chi connectivity index (χ1n) is 20.2. The zero-order valence-electron chi connectivity index (χ0n) is 34.3. The van der Waals surface area contributed by atoms with Crippen LogP contribution >= 0.6 is 11.6 Å². The number of aliphatic hydroxyl groups is 10. The molecule has 8 atom stereocenters. The van der Waals surface area contributed by atoms with Crippen molar-refractivity contribution in [2.45, 2.75) is 80.9 Å². The largest absolute Gasteiger partial charge is 0.394 e. The van der Waals surface area contributed by atoms with E-state index in [1.165, 1.54) is 16.7 Å². The van der Waals surface area contributed by atoms with Crippen molar-refractivity contribution < 1.29 is 60.7 Å². The van der Waals surface area contributed by atoms with Gasteiger partial charge in [0.25, 0.3) is 5.91 Å². The summed E-state index contributed by atoms with van der Waals surface area (Å²) in [4.78, 5) is 37.7. The molecule has 0 aliphatic rings. The predicted octanol–water partition coefficient (Wildman–Crippen LogP) is -3.56. The molecule has 2 amide bonds. The van der Waals surface area contributed by atoms with Crippen molar-refractivity contribution in [3.8, 4) is 11.1 Å². The Morgan fingerprint density at radius 1 is 0.694 bits per heavy atom. The van der Waals surface area contributed by atoms with Crippen LogP contribution in [0.25, 0.3) is 11.1 Å². The Bertz CT molecular complexity index is 1800. The smallest absolute Gasteiger partial charge is 0.269 e. The summed E-state index contributed by atoms with van der Waals surface area (Å²) >= 11 is 5.80. The zero-order valence-corrected chi connectivity index (χ0v) is 35.1. The van der Waals surface area contributed by atoms with Gasteiger partial charge in [-0.3, -0.25) is 19.5 Å². The van der Waals surface area contributed by atoms with Gasteiger partial charge in [0.2, 0.25) is 5.91 Å². The summed E-state index contributed by atoms with van der Waals surface area (Å²) in [5.74, 6) is -1.01. The highest BCUT2D eigenvalue weighted by molar-refractivity contribution is 6.29. The number of aliphatic hydroxyl groups excluding tert-OH is 10. The average Bonchev–Trinajstić information content (AvgIpc) is 3.27. The predicted molar refractivity (Wildman–Crippen MR) is 229 cm³/mol. The van der Waals surface area contributed by atoms with Gasteiger partial charge < -0.3 is 73.2 Å². The topological polar surface area (TPSA) is 354 Å². The summed E-state index contributed by atoms with van der Waals surface area (Å²) in [6.07, 6.45) is -9.29. The molecule has 2 aromatic carbocycles. The number of aliphatic imine (C=N–C) groups is 1. The number of benzene rings is 2. The molecule has 20 nitrogen and oxygen atoms in total. The van der Waals surface area contributed by atoms with Crippen LogP contribution in [0.2, 0.25) is 5.15 Å². The summed E-state index contributed by atoms with van der Waals surface area (Å²) in [7, 11) is 0. The molecule has 0 saturated heterocycles. The molecule has 1 aromatic heterocycles. The van der Waals surface area contributed by atoms with Gasteiger partial charge in [-0.1, -0.05) is 60.1 Å². The molecule has 0 spiro atoms. The van der Waals surface area contributed by atoms with Crippen LogP contribution in [0.4, 0.5) is 0 Å². The number of nitrogens with two attached hydrogens (primary N) is 2. The number of hydrogen-bond donors (Lipinski definition) is 14. The maximum atomic E-state index is 12.5. The molecule has 0 fully saturated rings. The minimum atomic E-state index is -1.90. The van der Waals surface area contributed by atoms with Gasteiger partial charge in [-0.25, -0.2) is 9.97 Å². The van der Waals surface area contributed by atoms with Gasteiger partial charge in [0.1, 0.15) is 53.3 Å². The molecule has 62 heavy (non-hydrogen) atoms. The fourth-order valence-corrected chi connectivity index (χ4v) is 6.45. The number of halogens is 1. The van der Waals surface area contributed by atoms with E-state index in [0.29, 0.717) is 19.5 Å². The summed E-state index contributed by atoms with van der Waals surface area (Å²) in [6.45, 7) is -1.66. The van der Waals surface area contributed by atoms with Gasteiger partial charge in [0.05, 0.1) is 38.2 Å². The Kier molecular flexibility index (Phi) is 22.7. The molecule has 0 saturated carbocycles. The number of rotatable bonds is 29. The van der Waals surface area contributed by atoms with E-state index in [1.807, 2.05) is 24.3 Å².